The van der Waals surface area contributed by atoms with Crippen LogP contribution in [0.1, 0.15) is 53.6 Å². The van der Waals surface area contributed by atoms with Crippen molar-refractivity contribution in [2.45, 2.75) is 57.4 Å². The number of benzene rings is 3. The lowest BCUT2D eigenvalue weighted by molar-refractivity contribution is -0.274. The van der Waals surface area contributed by atoms with Gasteiger partial charge in [-0.05, 0) is 97.2 Å². The molecule has 0 aromatic heterocycles. The number of ether oxygens (including phenoxy) is 2. The predicted molar refractivity (Wildman–Crippen MR) is 140 cm³/mol. The summed E-state index contributed by atoms with van der Waals surface area (Å²) in [7, 11) is 0. The number of hydrogen-bond acceptors (Lipinski definition) is 4. The van der Waals surface area contributed by atoms with Gasteiger partial charge in [-0.25, -0.2) is 0 Å². The molecule has 6 nitrogen and oxygen atoms in total. The zero-order chi connectivity index (χ0) is 27.8. The zero-order valence-corrected chi connectivity index (χ0v) is 21.3. The van der Waals surface area contributed by atoms with Crippen LogP contribution in [0.25, 0.3) is 11.1 Å². The van der Waals surface area contributed by atoms with Crippen LogP contribution in [0.15, 0.2) is 66.7 Å². The number of nitrogens with one attached hydrogen (secondary N) is 1. The van der Waals surface area contributed by atoms with Gasteiger partial charge in [-0.3, -0.25) is 9.59 Å². The van der Waals surface area contributed by atoms with Gasteiger partial charge in [0.25, 0.3) is 5.91 Å². The van der Waals surface area contributed by atoms with Crippen LogP contribution >= 0.6 is 0 Å². The first-order valence-corrected chi connectivity index (χ1v) is 12.9. The molecule has 0 spiro atoms. The molecule has 9 heteroatoms. The van der Waals surface area contributed by atoms with Crippen molar-refractivity contribution in [3.8, 4) is 22.6 Å². The number of alkyl halides is 3. The summed E-state index contributed by atoms with van der Waals surface area (Å²) in [5.41, 5.74) is 4.08. The molecule has 4 rings (SSSR count). The van der Waals surface area contributed by atoms with Crippen molar-refractivity contribution < 1.29 is 37.3 Å². The highest BCUT2D eigenvalue weighted by molar-refractivity contribution is 5.94. The molecule has 1 aliphatic rings. The van der Waals surface area contributed by atoms with Crippen molar-refractivity contribution in [3.63, 3.8) is 0 Å². The maximum Gasteiger partial charge on any atom is 0.573 e. The molecule has 0 radical (unpaired) electrons. The fourth-order valence-corrected chi connectivity index (χ4v) is 4.59. The van der Waals surface area contributed by atoms with Gasteiger partial charge in [-0.15, -0.1) is 13.2 Å². The standard InChI is InChI=1S/C30H30F3NO5/c31-30(32,33)39-26-14-11-21(12-15-26)23-13-16-27(38-25-3-1-2-4-25)24(19-23)10-7-20-5-8-22(9-6-20)29(37)34-18-17-28(35)36/h5-6,8-9,11-16,19,25H,1-4,7,10,17-18H2,(H,34,37)(H,35,36). The SMILES string of the molecule is O=C(O)CCNC(=O)c1ccc(CCc2cc(-c3ccc(OC(F)(F)F)cc3)ccc2OC2CCCC2)cc1. The van der Waals surface area contributed by atoms with E-state index < -0.39 is 12.3 Å². The largest absolute Gasteiger partial charge is 0.573 e. The van der Waals surface area contributed by atoms with E-state index >= 15 is 0 Å². The van der Waals surface area contributed by atoms with Crippen molar-refractivity contribution in [2.24, 2.45) is 0 Å². The molecule has 1 amide bonds. The Hall–Kier alpha value is -4.01. The van der Waals surface area contributed by atoms with Crippen molar-refractivity contribution >= 4 is 11.9 Å². The molecule has 3 aromatic rings. The number of carboxylic acid groups (broad SMARTS) is 1. The summed E-state index contributed by atoms with van der Waals surface area (Å²) in [6.45, 7) is 0.0636. The van der Waals surface area contributed by atoms with Crippen molar-refractivity contribution in [1.82, 2.24) is 5.32 Å². The van der Waals surface area contributed by atoms with Gasteiger partial charge in [0, 0.05) is 12.1 Å². The molecule has 3 aromatic carbocycles. The Bertz CT molecular complexity index is 1270. The maximum absolute atomic E-state index is 12.5. The first-order chi connectivity index (χ1) is 18.7. The number of carbonyl (C=O) groups is 2. The van der Waals surface area contributed by atoms with E-state index in [1.807, 2.05) is 30.3 Å². The van der Waals surface area contributed by atoms with E-state index in [1.165, 1.54) is 12.1 Å². The highest BCUT2D eigenvalue weighted by Gasteiger charge is 2.31. The Morgan fingerprint density at radius 2 is 1.56 bits per heavy atom. The van der Waals surface area contributed by atoms with Crippen LogP contribution in [0.4, 0.5) is 13.2 Å². The third-order valence-corrected chi connectivity index (χ3v) is 6.60. The third kappa shape index (κ3) is 8.49. The van der Waals surface area contributed by atoms with Crippen LogP contribution in [0.3, 0.4) is 0 Å². The number of carbonyl (C=O) groups excluding carboxylic acids is 1. The minimum absolute atomic E-state index is 0.0636. The zero-order valence-electron chi connectivity index (χ0n) is 21.3. The smallest absolute Gasteiger partial charge is 0.490 e. The Kier molecular flexibility index (Phi) is 9.11. The quantitative estimate of drug-likeness (QED) is 0.287. The van der Waals surface area contributed by atoms with Crippen LogP contribution in [-0.4, -0.2) is 36.0 Å². The Balaban J connectivity index is 1.47. The van der Waals surface area contributed by atoms with Crippen LogP contribution in [0.2, 0.25) is 0 Å². The topological polar surface area (TPSA) is 84.9 Å². The van der Waals surface area contributed by atoms with Gasteiger partial charge in [0.05, 0.1) is 12.5 Å². The highest BCUT2D eigenvalue weighted by Crippen LogP contribution is 2.33. The number of carboxylic acids is 1. The Labute approximate surface area is 224 Å². The average molecular weight is 542 g/mol. The number of aliphatic carboxylic acids is 1. The Morgan fingerprint density at radius 3 is 2.21 bits per heavy atom. The average Bonchev–Trinajstić information content (AvgIpc) is 3.41. The predicted octanol–water partition coefficient (Wildman–Crippen LogP) is 6.56. The summed E-state index contributed by atoms with van der Waals surface area (Å²) in [5.74, 6) is -0.767. The molecule has 1 saturated carbocycles. The number of rotatable bonds is 11. The number of amides is 1. The second kappa shape index (κ2) is 12.7. The van der Waals surface area contributed by atoms with E-state index in [1.54, 1.807) is 24.3 Å². The molecule has 206 valence electrons. The summed E-state index contributed by atoms with van der Waals surface area (Å²) in [5, 5.41) is 11.3. The highest BCUT2D eigenvalue weighted by atomic mass is 19.4. The molecule has 0 saturated heterocycles. The van der Waals surface area contributed by atoms with Crippen molar-refractivity contribution in [2.75, 3.05) is 6.54 Å². The summed E-state index contributed by atoms with van der Waals surface area (Å²) in [6.07, 6.45) is 0.943. The maximum atomic E-state index is 12.5. The fourth-order valence-electron chi connectivity index (χ4n) is 4.59. The van der Waals surface area contributed by atoms with Gasteiger partial charge in [0.15, 0.2) is 0 Å². The first-order valence-electron chi connectivity index (χ1n) is 12.9. The number of aryl methyl sites for hydroxylation is 2. The van der Waals surface area contributed by atoms with Crippen LogP contribution in [-0.2, 0) is 17.6 Å². The normalized spacial score (nSPS) is 13.7. The molecule has 1 fully saturated rings. The van der Waals surface area contributed by atoms with Gasteiger partial charge in [0.1, 0.15) is 11.5 Å². The van der Waals surface area contributed by atoms with E-state index in [0.29, 0.717) is 18.4 Å². The number of halogens is 3. The second-order valence-electron chi connectivity index (χ2n) is 9.52. The molecule has 0 aliphatic heterocycles. The van der Waals surface area contributed by atoms with E-state index in [9.17, 15) is 22.8 Å². The third-order valence-electron chi connectivity index (χ3n) is 6.60. The molecule has 1 aliphatic carbocycles. The van der Waals surface area contributed by atoms with E-state index in [0.717, 1.165) is 53.7 Å². The van der Waals surface area contributed by atoms with E-state index in [4.69, 9.17) is 9.84 Å². The van der Waals surface area contributed by atoms with Gasteiger partial charge >= 0.3 is 12.3 Å². The lowest BCUT2D eigenvalue weighted by Gasteiger charge is -2.18. The summed E-state index contributed by atoms with van der Waals surface area (Å²) in [6, 6.07) is 18.8. The van der Waals surface area contributed by atoms with Gasteiger partial charge in [0.2, 0.25) is 0 Å². The number of hydrogen-bond donors (Lipinski definition) is 2. The van der Waals surface area contributed by atoms with Crippen molar-refractivity contribution in [3.05, 3.63) is 83.4 Å². The van der Waals surface area contributed by atoms with Crippen LogP contribution < -0.4 is 14.8 Å². The lowest BCUT2D eigenvalue weighted by Crippen LogP contribution is -2.25. The molecule has 0 heterocycles. The molecule has 39 heavy (non-hydrogen) atoms. The van der Waals surface area contributed by atoms with Gasteiger partial charge < -0.3 is 19.9 Å². The fraction of sp³-hybridized carbons (Fsp3) is 0.333. The molecule has 0 unspecified atom stereocenters. The van der Waals surface area contributed by atoms with Crippen LogP contribution in [0.5, 0.6) is 11.5 Å². The minimum Gasteiger partial charge on any atom is -0.490 e. The first kappa shape index (κ1) is 28.0. The van der Waals surface area contributed by atoms with Crippen molar-refractivity contribution in [1.29, 1.82) is 0 Å². The second-order valence-corrected chi connectivity index (χ2v) is 9.52. The van der Waals surface area contributed by atoms with E-state index in [-0.39, 0.29) is 30.7 Å². The van der Waals surface area contributed by atoms with Crippen LogP contribution in [0, 0.1) is 0 Å². The molecule has 0 bridgehead atoms. The minimum atomic E-state index is -4.74. The summed E-state index contributed by atoms with van der Waals surface area (Å²) in [4.78, 5) is 22.8. The molecule has 0 atom stereocenters. The lowest BCUT2D eigenvalue weighted by atomic mass is 9.97. The molecular weight excluding hydrogens is 511 g/mol. The monoisotopic (exact) mass is 541 g/mol. The Morgan fingerprint density at radius 1 is 0.897 bits per heavy atom. The summed E-state index contributed by atoms with van der Waals surface area (Å²) >= 11 is 0. The molecular formula is C30H30F3NO5. The summed E-state index contributed by atoms with van der Waals surface area (Å²) < 4.78 is 47.9. The van der Waals surface area contributed by atoms with Gasteiger partial charge in [-0.1, -0.05) is 30.3 Å². The molecule has 2 N–H and O–H groups in total. The van der Waals surface area contributed by atoms with E-state index in [2.05, 4.69) is 10.1 Å². The van der Waals surface area contributed by atoms with Gasteiger partial charge in [-0.2, -0.15) is 0 Å².